The highest BCUT2D eigenvalue weighted by Gasteiger charge is 2.18. The van der Waals surface area contributed by atoms with Crippen molar-refractivity contribution in [3.63, 3.8) is 0 Å². The van der Waals surface area contributed by atoms with E-state index in [2.05, 4.69) is 15.7 Å². The molecule has 2 N–H and O–H groups in total. The summed E-state index contributed by atoms with van der Waals surface area (Å²) in [4.78, 5) is 25.8. The second-order valence-corrected chi connectivity index (χ2v) is 8.00. The van der Waals surface area contributed by atoms with Crippen LogP contribution in [0.2, 0.25) is 0 Å². The normalized spacial score (nSPS) is 11.7. The van der Waals surface area contributed by atoms with Gasteiger partial charge in [0, 0.05) is 31.0 Å². The summed E-state index contributed by atoms with van der Waals surface area (Å²) in [6.07, 6.45) is 1.47. The molecule has 0 atom stereocenters. The van der Waals surface area contributed by atoms with Gasteiger partial charge in [-0.3, -0.25) is 9.59 Å². The number of ether oxygens (including phenoxy) is 4. The van der Waals surface area contributed by atoms with E-state index in [1.54, 1.807) is 61.7 Å². The molecule has 0 saturated heterocycles. The number of carbonyl (C=O) groups excluding carboxylic acids is 1. The molecule has 4 aromatic rings. The van der Waals surface area contributed by atoms with Crippen molar-refractivity contribution in [2.45, 2.75) is 0 Å². The van der Waals surface area contributed by atoms with Gasteiger partial charge in [-0.25, -0.2) is 0 Å². The van der Waals surface area contributed by atoms with Gasteiger partial charge in [-0.05, 0) is 48.5 Å². The fourth-order valence-corrected chi connectivity index (χ4v) is 3.67. The highest BCUT2D eigenvalue weighted by Crippen LogP contribution is 2.37. The molecule has 0 fully saturated rings. The SMILES string of the molecule is COCCNC(=O)c1ccc(Nc2c(Oc3ccc4c(c3)OCO4)cnn(-c3ccccc3)c2=O)cc1. The molecular formula is C27H24N4O6. The molecule has 2 heterocycles. The van der Waals surface area contributed by atoms with Crippen LogP contribution in [0.4, 0.5) is 11.4 Å². The van der Waals surface area contributed by atoms with Crippen LogP contribution < -0.4 is 30.4 Å². The summed E-state index contributed by atoms with van der Waals surface area (Å²) < 4.78 is 23.1. The monoisotopic (exact) mass is 500 g/mol. The molecule has 1 aliphatic heterocycles. The number of anilines is 2. The van der Waals surface area contributed by atoms with E-state index in [9.17, 15) is 9.59 Å². The predicted molar refractivity (Wildman–Crippen MR) is 136 cm³/mol. The number of hydrogen-bond acceptors (Lipinski definition) is 8. The largest absolute Gasteiger partial charge is 0.454 e. The number of aromatic nitrogens is 2. The van der Waals surface area contributed by atoms with Crippen molar-refractivity contribution in [2.75, 3.05) is 32.4 Å². The van der Waals surface area contributed by atoms with E-state index in [1.807, 2.05) is 18.2 Å². The van der Waals surface area contributed by atoms with Crippen LogP contribution in [0.1, 0.15) is 10.4 Å². The molecule has 0 spiro atoms. The lowest BCUT2D eigenvalue weighted by atomic mass is 10.2. The smallest absolute Gasteiger partial charge is 0.299 e. The zero-order valence-corrected chi connectivity index (χ0v) is 20.0. The molecule has 10 heteroatoms. The standard InChI is InChI=1S/C27H24N4O6/c1-34-14-13-28-26(32)18-7-9-19(10-8-18)30-25-24(37-21-11-12-22-23(15-21)36-17-35-22)16-29-31(27(25)33)20-5-3-2-4-6-20/h2-12,15-16,30H,13-14,17H2,1H3,(H,28,32). The number of benzene rings is 3. The number of amides is 1. The topological polar surface area (TPSA) is 113 Å². The number of hydrogen-bond donors (Lipinski definition) is 2. The Morgan fingerprint density at radius 1 is 1.03 bits per heavy atom. The molecule has 10 nitrogen and oxygen atoms in total. The van der Waals surface area contributed by atoms with E-state index < -0.39 is 5.56 Å². The van der Waals surface area contributed by atoms with Crippen molar-refractivity contribution < 1.29 is 23.7 Å². The van der Waals surface area contributed by atoms with Crippen LogP contribution in [0.25, 0.3) is 5.69 Å². The van der Waals surface area contributed by atoms with Crippen LogP contribution in [0.15, 0.2) is 83.8 Å². The number of fused-ring (bicyclic) bond motifs is 1. The van der Waals surface area contributed by atoms with Crippen LogP contribution in [-0.4, -0.2) is 42.7 Å². The molecule has 1 amide bonds. The summed E-state index contributed by atoms with van der Waals surface area (Å²) in [7, 11) is 1.57. The maximum Gasteiger partial charge on any atom is 0.299 e. The molecule has 5 rings (SSSR count). The molecular weight excluding hydrogens is 476 g/mol. The summed E-state index contributed by atoms with van der Waals surface area (Å²) >= 11 is 0. The van der Waals surface area contributed by atoms with E-state index in [1.165, 1.54) is 10.9 Å². The van der Waals surface area contributed by atoms with E-state index in [4.69, 9.17) is 18.9 Å². The first-order chi connectivity index (χ1) is 18.1. The fourth-order valence-electron chi connectivity index (χ4n) is 3.67. The number of nitrogens with one attached hydrogen (secondary N) is 2. The van der Waals surface area contributed by atoms with Gasteiger partial charge in [0.15, 0.2) is 22.9 Å². The molecule has 0 saturated carbocycles. The molecule has 188 valence electrons. The molecule has 0 bridgehead atoms. The van der Waals surface area contributed by atoms with Gasteiger partial charge in [0.2, 0.25) is 6.79 Å². The lowest BCUT2D eigenvalue weighted by Gasteiger charge is -2.15. The van der Waals surface area contributed by atoms with Gasteiger partial charge in [-0.15, -0.1) is 0 Å². The van der Waals surface area contributed by atoms with Gasteiger partial charge in [-0.2, -0.15) is 9.78 Å². The van der Waals surface area contributed by atoms with Gasteiger partial charge in [-0.1, -0.05) is 18.2 Å². The molecule has 0 unspecified atom stereocenters. The molecule has 1 aliphatic rings. The minimum absolute atomic E-state index is 0.140. The van der Waals surface area contributed by atoms with Crippen molar-refractivity contribution in [3.05, 3.63) is 94.9 Å². The third kappa shape index (κ3) is 5.39. The third-order valence-corrected chi connectivity index (χ3v) is 5.52. The number of methoxy groups -OCH3 is 1. The van der Waals surface area contributed by atoms with Gasteiger partial charge < -0.3 is 29.6 Å². The highest BCUT2D eigenvalue weighted by molar-refractivity contribution is 5.94. The Labute approximate surface area is 212 Å². The summed E-state index contributed by atoms with van der Waals surface area (Å²) in [5.41, 5.74) is 1.44. The summed E-state index contributed by atoms with van der Waals surface area (Å²) in [5, 5.41) is 10.2. The fraction of sp³-hybridized carbons (Fsp3) is 0.148. The third-order valence-electron chi connectivity index (χ3n) is 5.52. The maximum absolute atomic E-state index is 13.5. The van der Waals surface area contributed by atoms with Crippen molar-refractivity contribution in [2.24, 2.45) is 0 Å². The van der Waals surface area contributed by atoms with Crippen molar-refractivity contribution in [3.8, 4) is 28.7 Å². The highest BCUT2D eigenvalue weighted by atomic mass is 16.7. The van der Waals surface area contributed by atoms with Crippen molar-refractivity contribution in [1.82, 2.24) is 15.1 Å². The quantitative estimate of drug-likeness (QED) is 0.333. The molecule has 0 radical (unpaired) electrons. The predicted octanol–water partition coefficient (Wildman–Crippen LogP) is 3.87. The summed E-state index contributed by atoms with van der Waals surface area (Å²) in [6.45, 7) is 0.972. The average Bonchev–Trinajstić information content (AvgIpc) is 3.40. The lowest BCUT2D eigenvalue weighted by molar-refractivity contribution is 0.0937. The van der Waals surface area contributed by atoms with E-state index in [-0.39, 0.29) is 24.1 Å². The summed E-state index contributed by atoms with van der Waals surface area (Å²) in [5.74, 6) is 1.63. The number of para-hydroxylation sites is 1. The Morgan fingerprint density at radius 3 is 2.59 bits per heavy atom. The van der Waals surface area contributed by atoms with E-state index >= 15 is 0 Å². The number of carbonyl (C=O) groups is 1. The van der Waals surface area contributed by atoms with Gasteiger partial charge in [0.25, 0.3) is 11.5 Å². The molecule has 3 aromatic carbocycles. The van der Waals surface area contributed by atoms with Crippen LogP contribution in [0, 0.1) is 0 Å². The molecule has 37 heavy (non-hydrogen) atoms. The van der Waals surface area contributed by atoms with Crippen molar-refractivity contribution in [1.29, 1.82) is 0 Å². The lowest BCUT2D eigenvalue weighted by Crippen LogP contribution is -2.26. The minimum atomic E-state index is -0.411. The van der Waals surface area contributed by atoms with E-state index in [0.717, 1.165) is 0 Å². The summed E-state index contributed by atoms with van der Waals surface area (Å²) in [6, 6.07) is 21.0. The van der Waals surface area contributed by atoms with Gasteiger partial charge in [0.05, 0.1) is 18.5 Å². The number of nitrogens with zero attached hydrogens (tertiary/aromatic N) is 2. The Morgan fingerprint density at radius 2 is 1.81 bits per heavy atom. The van der Waals surface area contributed by atoms with Crippen LogP contribution in [0.5, 0.6) is 23.0 Å². The Kier molecular flexibility index (Phi) is 7.00. The second kappa shape index (κ2) is 10.8. The maximum atomic E-state index is 13.5. The Balaban J connectivity index is 1.45. The van der Waals surface area contributed by atoms with E-state index in [0.29, 0.717) is 47.3 Å². The second-order valence-electron chi connectivity index (χ2n) is 8.00. The zero-order valence-electron chi connectivity index (χ0n) is 20.0. The Hall–Kier alpha value is -4.83. The Bertz CT molecular complexity index is 1450. The first-order valence-corrected chi connectivity index (χ1v) is 11.5. The first-order valence-electron chi connectivity index (χ1n) is 11.5. The van der Waals surface area contributed by atoms with Crippen LogP contribution in [-0.2, 0) is 4.74 Å². The van der Waals surface area contributed by atoms with Gasteiger partial charge >= 0.3 is 0 Å². The zero-order chi connectivity index (χ0) is 25.6. The molecule has 0 aliphatic carbocycles. The number of rotatable bonds is 9. The van der Waals surface area contributed by atoms with Crippen LogP contribution in [0.3, 0.4) is 0 Å². The van der Waals surface area contributed by atoms with Gasteiger partial charge in [0.1, 0.15) is 5.75 Å². The van der Waals surface area contributed by atoms with Crippen molar-refractivity contribution >= 4 is 17.3 Å². The minimum Gasteiger partial charge on any atom is -0.454 e. The molecule has 1 aromatic heterocycles. The average molecular weight is 501 g/mol. The first kappa shape index (κ1) is 23.9. The van der Waals surface area contributed by atoms with Crippen LogP contribution >= 0.6 is 0 Å².